The standard InChI is InChI=1S/C28H36N4O6/c1-27(2)10-20(32-26(34)30-13-19-5-7-22-24(9-19)38-17-36-22)11-28(3,14-27)15-31-25(33)29-12-18-4-6-21-23(8-18)37-16-35-21/h4-9,20H,10-17H2,1-3H3,(H2,29,31,33)(H2,30,32,34)/t20-,28-/m1/s1. The normalized spacial score (nSPS) is 22.4. The highest BCUT2D eigenvalue weighted by Gasteiger charge is 2.41. The van der Waals surface area contributed by atoms with Crippen LogP contribution >= 0.6 is 0 Å². The first-order valence-corrected chi connectivity index (χ1v) is 13.0. The second-order valence-corrected chi connectivity index (χ2v) is 11.5. The van der Waals surface area contributed by atoms with E-state index < -0.39 is 0 Å². The van der Waals surface area contributed by atoms with Gasteiger partial charge >= 0.3 is 12.1 Å². The lowest BCUT2D eigenvalue weighted by atomic mass is 9.62. The number of benzene rings is 2. The van der Waals surface area contributed by atoms with Gasteiger partial charge in [-0.3, -0.25) is 0 Å². The molecule has 0 spiro atoms. The molecule has 38 heavy (non-hydrogen) atoms. The molecule has 10 nitrogen and oxygen atoms in total. The monoisotopic (exact) mass is 524 g/mol. The number of ether oxygens (including phenoxy) is 4. The summed E-state index contributed by atoms with van der Waals surface area (Å²) >= 11 is 0. The van der Waals surface area contributed by atoms with Crippen molar-refractivity contribution in [2.45, 2.75) is 59.2 Å². The lowest BCUT2D eigenvalue weighted by Gasteiger charge is -2.46. The molecule has 1 saturated carbocycles. The van der Waals surface area contributed by atoms with Gasteiger partial charge in [-0.2, -0.15) is 0 Å². The first-order chi connectivity index (χ1) is 18.2. The average Bonchev–Trinajstić information content (AvgIpc) is 3.52. The first-order valence-electron chi connectivity index (χ1n) is 13.0. The van der Waals surface area contributed by atoms with E-state index in [1.54, 1.807) is 0 Å². The third-order valence-electron chi connectivity index (χ3n) is 7.23. The van der Waals surface area contributed by atoms with Gasteiger partial charge in [-0.15, -0.1) is 0 Å². The predicted molar refractivity (Wildman–Crippen MR) is 140 cm³/mol. The van der Waals surface area contributed by atoms with E-state index in [0.29, 0.717) is 31.1 Å². The maximum absolute atomic E-state index is 12.7. The summed E-state index contributed by atoms with van der Waals surface area (Å²) in [4.78, 5) is 25.3. The van der Waals surface area contributed by atoms with Crippen LogP contribution in [0.2, 0.25) is 0 Å². The molecule has 1 aliphatic carbocycles. The number of fused-ring (bicyclic) bond motifs is 2. The highest BCUT2D eigenvalue weighted by atomic mass is 16.7. The van der Waals surface area contributed by atoms with E-state index in [1.807, 2.05) is 36.4 Å². The van der Waals surface area contributed by atoms with Crippen LogP contribution < -0.4 is 40.2 Å². The van der Waals surface area contributed by atoms with Crippen molar-refractivity contribution in [3.05, 3.63) is 47.5 Å². The Morgan fingerprint density at radius 2 is 1.32 bits per heavy atom. The predicted octanol–water partition coefficient (Wildman–Crippen LogP) is 4.03. The topological polar surface area (TPSA) is 119 Å². The summed E-state index contributed by atoms with van der Waals surface area (Å²) in [6.07, 6.45) is 2.59. The molecular weight excluding hydrogens is 488 g/mol. The quantitative estimate of drug-likeness (QED) is 0.434. The van der Waals surface area contributed by atoms with Crippen molar-refractivity contribution >= 4 is 12.1 Å². The molecule has 2 atom stereocenters. The van der Waals surface area contributed by atoms with Crippen LogP contribution in [0.5, 0.6) is 23.0 Å². The minimum absolute atomic E-state index is 0.000928. The largest absolute Gasteiger partial charge is 0.454 e. The second-order valence-electron chi connectivity index (χ2n) is 11.5. The third-order valence-corrected chi connectivity index (χ3v) is 7.23. The fourth-order valence-corrected chi connectivity index (χ4v) is 5.93. The van der Waals surface area contributed by atoms with Gasteiger partial charge in [0.1, 0.15) is 0 Å². The summed E-state index contributed by atoms with van der Waals surface area (Å²) in [6.45, 7) is 8.33. The van der Waals surface area contributed by atoms with Crippen molar-refractivity contribution in [3.63, 3.8) is 0 Å². The molecular formula is C28H36N4O6. The van der Waals surface area contributed by atoms with Gasteiger partial charge in [-0.05, 0) is 65.5 Å². The van der Waals surface area contributed by atoms with Crippen molar-refractivity contribution in [2.24, 2.45) is 10.8 Å². The van der Waals surface area contributed by atoms with Crippen molar-refractivity contribution in [1.29, 1.82) is 0 Å². The molecule has 10 heteroatoms. The van der Waals surface area contributed by atoms with Gasteiger partial charge in [0.05, 0.1) is 0 Å². The molecule has 4 amide bonds. The summed E-state index contributed by atoms with van der Waals surface area (Å²) in [6, 6.07) is 10.9. The van der Waals surface area contributed by atoms with E-state index in [-0.39, 0.29) is 42.5 Å². The third kappa shape index (κ3) is 6.35. The Labute approximate surface area is 222 Å². The van der Waals surface area contributed by atoms with E-state index in [9.17, 15) is 9.59 Å². The van der Waals surface area contributed by atoms with Gasteiger partial charge in [-0.25, -0.2) is 9.59 Å². The Kier molecular flexibility index (Phi) is 7.14. The summed E-state index contributed by atoms with van der Waals surface area (Å²) in [5, 5.41) is 12.1. The molecule has 3 aliphatic rings. The minimum atomic E-state index is -0.224. The van der Waals surface area contributed by atoms with Crippen molar-refractivity contribution < 1.29 is 28.5 Å². The molecule has 2 heterocycles. The Hall–Kier alpha value is -3.82. The Balaban J connectivity index is 1.09. The van der Waals surface area contributed by atoms with Gasteiger partial charge in [0, 0.05) is 25.7 Å². The second kappa shape index (κ2) is 10.5. The molecule has 1 fully saturated rings. The molecule has 0 radical (unpaired) electrons. The van der Waals surface area contributed by atoms with Gasteiger partial charge in [-0.1, -0.05) is 32.9 Å². The summed E-state index contributed by atoms with van der Waals surface area (Å²) in [7, 11) is 0. The van der Waals surface area contributed by atoms with E-state index in [0.717, 1.165) is 41.9 Å². The van der Waals surface area contributed by atoms with Crippen LogP contribution in [-0.2, 0) is 13.1 Å². The number of amides is 4. The number of urea groups is 2. The van der Waals surface area contributed by atoms with Crippen LogP contribution in [0.1, 0.15) is 51.2 Å². The van der Waals surface area contributed by atoms with Crippen LogP contribution in [0.15, 0.2) is 36.4 Å². The van der Waals surface area contributed by atoms with E-state index in [1.165, 1.54) is 0 Å². The van der Waals surface area contributed by atoms with Crippen LogP contribution in [0.3, 0.4) is 0 Å². The molecule has 204 valence electrons. The number of carbonyl (C=O) groups excluding carboxylic acids is 2. The van der Waals surface area contributed by atoms with Crippen LogP contribution in [-0.4, -0.2) is 38.2 Å². The van der Waals surface area contributed by atoms with Crippen molar-refractivity contribution in [2.75, 3.05) is 20.1 Å². The molecule has 5 rings (SSSR count). The highest BCUT2D eigenvalue weighted by Crippen LogP contribution is 2.45. The zero-order chi connectivity index (χ0) is 26.8. The van der Waals surface area contributed by atoms with Gasteiger partial charge < -0.3 is 40.2 Å². The lowest BCUT2D eigenvalue weighted by Crippen LogP contribution is -2.52. The maximum atomic E-state index is 12.7. The van der Waals surface area contributed by atoms with E-state index in [2.05, 4.69) is 42.0 Å². The van der Waals surface area contributed by atoms with Gasteiger partial charge in [0.15, 0.2) is 23.0 Å². The lowest BCUT2D eigenvalue weighted by molar-refractivity contribution is 0.0749. The molecule has 0 saturated heterocycles. The molecule has 2 aromatic rings. The molecule has 0 aromatic heterocycles. The first kappa shape index (κ1) is 25.8. The van der Waals surface area contributed by atoms with Gasteiger partial charge in [0.25, 0.3) is 0 Å². The Morgan fingerprint density at radius 3 is 1.92 bits per heavy atom. The summed E-state index contributed by atoms with van der Waals surface area (Å²) in [5.41, 5.74) is 1.74. The zero-order valence-corrected chi connectivity index (χ0v) is 22.1. The number of hydrogen-bond acceptors (Lipinski definition) is 6. The number of nitrogens with one attached hydrogen (secondary N) is 4. The highest BCUT2D eigenvalue weighted by molar-refractivity contribution is 5.74. The average molecular weight is 525 g/mol. The SMILES string of the molecule is CC1(C)C[C@@H](NC(=O)NCc2ccc3c(c2)OCO3)C[C@@](C)(CNC(=O)NCc2ccc3c(c2)OCO3)C1. The maximum Gasteiger partial charge on any atom is 0.315 e. The van der Waals surface area contributed by atoms with Crippen LogP contribution in [0.25, 0.3) is 0 Å². The fraction of sp³-hybridized carbons (Fsp3) is 0.500. The van der Waals surface area contributed by atoms with E-state index >= 15 is 0 Å². The Bertz CT molecular complexity index is 1200. The van der Waals surface area contributed by atoms with Gasteiger partial charge in [0.2, 0.25) is 13.6 Å². The van der Waals surface area contributed by atoms with Crippen LogP contribution in [0.4, 0.5) is 9.59 Å². The molecule has 2 aromatic carbocycles. The molecule has 0 bridgehead atoms. The number of rotatable bonds is 7. The summed E-state index contributed by atoms with van der Waals surface area (Å²) < 4.78 is 21.5. The molecule has 2 aliphatic heterocycles. The van der Waals surface area contributed by atoms with Crippen molar-refractivity contribution in [3.8, 4) is 23.0 Å². The Morgan fingerprint density at radius 1 is 0.763 bits per heavy atom. The van der Waals surface area contributed by atoms with Crippen molar-refractivity contribution in [1.82, 2.24) is 21.3 Å². The summed E-state index contributed by atoms with van der Waals surface area (Å²) in [5.74, 6) is 2.83. The van der Waals surface area contributed by atoms with Crippen LogP contribution in [0, 0.1) is 10.8 Å². The zero-order valence-electron chi connectivity index (χ0n) is 22.1. The van der Waals surface area contributed by atoms with E-state index in [4.69, 9.17) is 18.9 Å². The minimum Gasteiger partial charge on any atom is -0.454 e. The molecule has 0 unspecified atom stereocenters. The fourth-order valence-electron chi connectivity index (χ4n) is 5.93. The number of carbonyl (C=O) groups is 2. The smallest absolute Gasteiger partial charge is 0.315 e. The molecule has 4 N–H and O–H groups in total. The number of hydrogen-bond donors (Lipinski definition) is 4.